The second-order valence-corrected chi connectivity index (χ2v) is 5.60. The lowest BCUT2D eigenvalue weighted by Gasteiger charge is -2.20. The number of aliphatic hydroxyl groups is 2. The van der Waals surface area contributed by atoms with Crippen LogP contribution in [-0.2, 0) is 16.1 Å². The molecule has 1 rings (SSSR count). The number of aliphatic hydroxyl groups excluding tert-OH is 2. The van der Waals surface area contributed by atoms with Crippen LogP contribution < -0.4 is 0 Å². The maximum absolute atomic E-state index is 12.0. The number of hydrogen-bond donors (Lipinski definition) is 2. The summed E-state index contributed by atoms with van der Waals surface area (Å²) < 4.78 is 11.5. The molecule has 1 atom stereocenters. The van der Waals surface area contributed by atoms with Crippen molar-refractivity contribution < 1.29 is 24.5 Å². The molecule has 120 valence electrons. The third kappa shape index (κ3) is 4.79. The van der Waals surface area contributed by atoms with Gasteiger partial charge in [0.15, 0.2) is 11.1 Å². The summed E-state index contributed by atoms with van der Waals surface area (Å²) in [5, 5.41) is 27.6. The van der Waals surface area contributed by atoms with Crippen LogP contribution in [-0.4, -0.2) is 32.6 Å². The Morgan fingerprint density at radius 3 is 2.64 bits per heavy atom. The van der Waals surface area contributed by atoms with Gasteiger partial charge < -0.3 is 19.7 Å². The first-order valence-corrected chi connectivity index (χ1v) is 6.64. The van der Waals surface area contributed by atoms with Crippen LogP contribution in [0, 0.1) is 5.39 Å². The van der Waals surface area contributed by atoms with E-state index in [0.29, 0.717) is 5.69 Å². The molecule has 0 aliphatic heterocycles. The zero-order chi connectivity index (χ0) is 16.9. The van der Waals surface area contributed by atoms with E-state index in [1.165, 1.54) is 17.7 Å². The Kier molecular flexibility index (Phi) is 5.54. The van der Waals surface area contributed by atoms with E-state index in [4.69, 9.17) is 14.9 Å². The molecular formula is C14H20N3O5+. The monoisotopic (exact) mass is 310 g/mol. The van der Waals surface area contributed by atoms with Crippen molar-refractivity contribution in [2.24, 2.45) is 0 Å². The van der Waals surface area contributed by atoms with Crippen molar-refractivity contribution in [1.82, 2.24) is 4.57 Å². The number of carbonyl (C=O) groups is 1. The lowest BCUT2D eigenvalue weighted by atomic mass is 10.2. The first kappa shape index (κ1) is 17.5. The quantitative estimate of drug-likeness (QED) is 0.653. The Bertz CT molecular complexity index is 605. The predicted molar refractivity (Wildman–Crippen MR) is 77.3 cm³/mol. The number of nitrogens with zero attached hydrogens (tertiary/aromatic N) is 3. The number of hydrogen-bond acceptors (Lipinski definition) is 6. The third-order valence-electron chi connectivity index (χ3n) is 2.50. The van der Waals surface area contributed by atoms with Gasteiger partial charge in [-0.3, -0.25) is 4.57 Å². The van der Waals surface area contributed by atoms with Crippen molar-refractivity contribution in [2.45, 2.75) is 46.0 Å². The van der Waals surface area contributed by atoms with Gasteiger partial charge in [0.05, 0.1) is 5.69 Å². The Morgan fingerprint density at radius 1 is 1.50 bits per heavy atom. The van der Waals surface area contributed by atoms with Crippen LogP contribution in [0.4, 0.5) is 4.79 Å². The van der Waals surface area contributed by atoms with E-state index in [1.807, 2.05) is 0 Å². The SMILES string of the molecule is CC(O)/C([N+]#N)=C(\O)OCc1cccn1C(=O)OC(C)(C)C. The standard InChI is InChI=1S/C14H19N3O5/c1-9(18)11(16-15)12(19)21-8-10-6-5-7-17(10)13(20)22-14(2,3)4/h5-7,9,18H,8H2,1-4H3/p+1/b12-11-. The second kappa shape index (κ2) is 6.95. The maximum atomic E-state index is 12.0. The summed E-state index contributed by atoms with van der Waals surface area (Å²) in [5.74, 6) is -0.727. The summed E-state index contributed by atoms with van der Waals surface area (Å²) >= 11 is 0. The number of diazo groups is 1. The molecule has 1 heterocycles. The molecule has 8 heteroatoms. The predicted octanol–water partition coefficient (Wildman–Crippen LogP) is 2.75. The highest BCUT2D eigenvalue weighted by Crippen LogP contribution is 2.15. The fraction of sp³-hybridized carbons (Fsp3) is 0.500. The zero-order valence-corrected chi connectivity index (χ0v) is 13.0. The van der Waals surface area contributed by atoms with Crippen LogP contribution in [0.1, 0.15) is 33.4 Å². The van der Waals surface area contributed by atoms with Crippen molar-refractivity contribution in [1.29, 1.82) is 5.39 Å². The molecule has 0 amide bonds. The van der Waals surface area contributed by atoms with Crippen molar-refractivity contribution in [3.05, 3.63) is 40.6 Å². The molecule has 0 spiro atoms. The molecule has 0 aliphatic rings. The molecule has 0 bridgehead atoms. The normalized spacial score (nSPS) is 13.8. The Labute approximate surface area is 128 Å². The summed E-state index contributed by atoms with van der Waals surface area (Å²) in [6.07, 6.45) is -0.288. The lowest BCUT2D eigenvalue weighted by Crippen LogP contribution is -2.27. The molecule has 0 fully saturated rings. The zero-order valence-electron chi connectivity index (χ0n) is 13.0. The van der Waals surface area contributed by atoms with Crippen molar-refractivity contribution >= 4 is 6.09 Å². The topological polar surface area (TPSA) is 109 Å². The molecule has 0 saturated carbocycles. The van der Waals surface area contributed by atoms with Crippen LogP contribution in [0.3, 0.4) is 0 Å². The molecule has 0 aromatic carbocycles. The summed E-state index contributed by atoms with van der Waals surface area (Å²) in [5.41, 5.74) is -0.629. The highest BCUT2D eigenvalue weighted by atomic mass is 16.6. The maximum Gasteiger partial charge on any atom is 0.468 e. The molecule has 0 aliphatic carbocycles. The average molecular weight is 310 g/mol. The van der Waals surface area contributed by atoms with Crippen molar-refractivity contribution in [3.63, 3.8) is 0 Å². The van der Waals surface area contributed by atoms with Crippen LogP contribution in [0.2, 0.25) is 0 Å². The van der Waals surface area contributed by atoms with Crippen LogP contribution >= 0.6 is 0 Å². The molecule has 1 aromatic heterocycles. The molecule has 2 N–H and O–H groups in total. The Balaban J connectivity index is 2.84. The third-order valence-corrected chi connectivity index (χ3v) is 2.50. The van der Waals surface area contributed by atoms with Gasteiger partial charge in [0, 0.05) is 6.20 Å². The summed E-state index contributed by atoms with van der Waals surface area (Å²) in [6.45, 7) is 6.37. The molecule has 8 nitrogen and oxygen atoms in total. The van der Waals surface area contributed by atoms with Gasteiger partial charge in [-0.15, -0.1) is 0 Å². The summed E-state index contributed by atoms with van der Waals surface area (Å²) in [6, 6.07) is 3.23. The minimum absolute atomic E-state index is 0.177. The van der Waals surface area contributed by atoms with Crippen LogP contribution in [0.15, 0.2) is 30.0 Å². The molecule has 1 unspecified atom stereocenters. The average Bonchev–Trinajstić information content (AvgIpc) is 2.83. The number of ether oxygens (including phenoxy) is 2. The van der Waals surface area contributed by atoms with Gasteiger partial charge in [-0.1, -0.05) is 0 Å². The van der Waals surface area contributed by atoms with Gasteiger partial charge in [-0.25, -0.2) is 4.79 Å². The van der Waals surface area contributed by atoms with E-state index in [9.17, 15) is 15.0 Å². The minimum atomic E-state index is -1.21. The molecule has 0 radical (unpaired) electrons. The fourth-order valence-electron chi connectivity index (χ4n) is 1.54. The molecule has 0 saturated heterocycles. The van der Waals surface area contributed by atoms with Gasteiger partial charge in [0.25, 0.3) is 0 Å². The molecule has 1 aromatic rings. The van der Waals surface area contributed by atoms with E-state index in [0.717, 1.165) is 0 Å². The number of aromatic nitrogens is 1. The van der Waals surface area contributed by atoms with Gasteiger partial charge in [0.2, 0.25) is 5.39 Å². The summed E-state index contributed by atoms with van der Waals surface area (Å²) in [7, 11) is 0. The van der Waals surface area contributed by atoms with Crippen LogP contribution in [0.5, 0.6) is 0 Å². The van der Waals surface area contributed by atoms with Gasteiger partial charge in [-0.05, 0) is 39.8 Å². The minimum Gasteiger partial charge on any atom is -0.475 e. The first-order chi connectivity index (χ1) is 10.2. The second-order valence-electron chi connectivity index (χ2n) is 5.60. The fourth-order valence-corrected chi connectivity index (χ4v) is 1.54. The van der Waals surface area contributed by atoms with Crippen molar-refractivity contribution in [3.8, 4) is 0 Å². The van der Waals surface area contributed by atoms with E-state index in [1.54, 1.807) is 32.9 Å². The molecular weight excluding hydrogens is 290 g/mol. The first-order valence-electron chi connectivity index (χ1n) is 6.64. The molecule has 22 heavy (non-hydrogen) atoms. The van der Waals surface area contributed by atoms with E-state index in [2.05, 4.69) is 4.98 Å². The smallest absolute Gasteiger partial charge is 0.468 e. The largest absolute Gasteiger partial charge is 0.475 e. The Hall–Kier alpha value is -2.53. The van der Waals surface area contributed by atoms with Crippen LogP contribution in [0.25, 0.3) is 4.98 Å². The van der Waals surface area contributed by atoms with Gasteiger partial charge >= 0.3 is 17.7 Å². The van der Waals surface area contributed by atoms with E-state index >= 15 is 0 Å². The number of rotatable bonds is 4. The summed E-state index contributed by atoms with van der Waals surface area (Å²) in [4.78, 5) is 14.7. The Morgan fingerprint density at radius 2 is 2.14 bits per heavy atom. The number of carbonyl (C=O) groups excluding carboxylic acids is 1. The van der Waals surface area contributed by atoms with Gasteiger partial charge in [-0.2, -0.15) is 0 Å². The van der Waals surface area contributed by atoms with Gasteiger partial charge in [0.1, 0.15) is 12.2 Å². The van der Waals surface area contributed by atoms with Crippen molar-refractivity contribution in [2.75, 3.05) is 0 Å². The highest BCUT2D eigenvalue weighted by molar-refractivity contribution is 5.72. The van der Waals surface area contributed by atoms with E-state index < -0.39 is 29.4 Å². The highest BCUT2D eigenvalue weighted by Gasteiger charge is 2.27. The van der Waals surface area contributed by atoms with E-state index in [-0.39, 0.29) is 6.61 Å². The lowest BCUT2D eigenvalue weighted by molar-refractivity contribution is 0.0478.